The monoisotopic (exact) mass is 336 g/mol. The Morgan fingerprint density at radius 3 is 2.85 bits per heavy atom. The summed E-state index contributed by atoms with van der Waals surface area (Å²) in [5.41, 5.74) is 1.93. The van der Waals surface area contributed by atoms with Crippen LogP contribution in [0.5, 0.6) is 5.75 Å². The summed E-state index contributed by atoms with van der Waals surface area (Å²) in [5.74, 6) is 0.819. The van der Waals surface area contributed by atoms with Crippen molar-refractivity contribution in [1.29, 1.82) is 0 Å². The van der Waals surface area contributed by atoms with E-state index in [0.717, 1.165) is 47.4 Å². The third-order valence-electron chi connectivity index (χ3n) is 3.64. The maximum Gasteiger partial charge on any atom is 0.133 e. The summed E-state index contributed by atoms with van der Waals surface area (Å²) in [6.07, 6.45) is 4.24. The van der Waals surface area contributed by atoms with E-state index in [9.17, 15) is 0 Å². The minimum atomic E-state index is 0.458. The van der Waals surface area contributed by atoms with Crippen molar-refractivity contribution in [1.82, 2.24) is 20.3 Å². The number of halogens is 1. The summed E-state index contributed by atoms with van der Waals surface area (Å²) >= 11 is 3.50. The summed E-state index contributed by atoms with van der Waals surface area (Å²) in [4.78, 5) is 0. The molecule has 20 heavy (non-hydrogen) atoms. The molecule has 0 saturated carbocycles. The van der Waals surface area contributed by atoms with Crippen LogP contribution < -0.4 is 10.1 Å². The van der Waals surface area contributed by atoms with Gasteiger partial charge in [0.1, 0.15) is 11.4 Å². The van der Waals surface area contributed by atoms with E-state index in [0.29, 0.717) is 6.04 Å². The molecule has 0 bridgehead atoms. The number of rotatable bonds is 3. The van der Waals surface area contributed by atoms with Crippen molar-refractivity contribution in [3.8, 4) is 17.0 Å². The molecule has 0 atom stereocenters. The fourth-order valence-electron chi connectivity index (χ4n) is 2.48. The minimum absolute atomic E-state index is 0.458. The molecule has 106 valence electrons. The highest BCUT2D eigenvalue weighted by atomic mass is 79.9. The van der Waals surface area contributed by atoms with E-state index in [4.69, 9.17) is 4.74 Å². The van der Waals surface area contributed by atoms with Crippen LogP contribution in [0.25, 0.3) is 11.3 Å². The molecule has 0 spiro atoms. The van der Waals surface area contributed by atoms with E-state index in [2.05, 4.69) is 31.6 Å². The van der Waals surface area contributed by atoms with Gasteiger partial charge < -0.3 is 10.1 Å². The number of hydrogen-bond donors (Lipinski definition) is 1. The molecule has 1 aliphatic rings. The number of ether oxygens (including phenoxy) is 1. The average molecular weight is 337 g/mol. The van der Waals surface area contributed by atoms with Gasteiger partial charge >= 0.3 is 0 Å². The highest BCUT2D eigenvalue weighted by Gasteiger charge is 2.17. The average Bonchev–Trinajstić information content (AvgIpc) is 2.98. The van der Waals surface area contributed by atoms with E-state index in [1.807, 2.05) is 29.1 Å². The van der Waals surface area contributed by atoms with Crippen molar-refractivity contribution in [3.05, 3.63) is 28.9 Å². The first-order valence-corrected chi connectivity index (χ1v) is 7.53. The van der Waals surface area contributed by atoms with Gasteiger partial charge in [-0.05, 0) is 60.1 Å². The van der Waals surface area contributed by atoms with Crippen molar-refractivity contribution in [3.63, 3.8) is 0 Å². The van der Waals surface area contributed by atoms with Crippen LogP contribution in [-0.2, 0) is 0 Å². The molecule has 0 radical (unpaired) electrons. The Morgan fingerprint density at radius 2 is 2.15 bits per heavy atom. The van der Waals surface area contributed by atoms with Crippen molar-refractivity contribution < 1.29 is 4.74 Å². The van der Waals surface area contributed by atoms with E-state index in [-0.39, 0.29) is 0 Å². The van der Waals surface area contributed by atoms with Gasteiger partial charge in [0.05, 0.1) is 23.8 Å². The van der Waals surface area contributed by atoms with Crippen molar-refractivity contribution in [2.24, 2.45) is 0 Å². The Bertz CT molecular complexity index is 593. The summed E-state index contributed by atoms with van der Waals surface area (Å²) in [5, 5.41) is 11.9. The first-order chi connectivity index (χ1) is 9.78. The van der Waals surface area contributed by atoms with Gasteiger partial charge in [0.25, 0.3) is 0 Å². The third-order valence-corrected chi connectivity index (χ3v) is 4.26. The van der Waals surface area contributed by atoms with E-state index < -0.39 is 0 Å². The topological polar surface area (TPSA) is 52.0 Å². The molecule has 5 nitrogen and oxygen atoms in total. The smallest absolute Gasteiger partial charge is 0.133 e. The normalized spacial score (nSPS) is 16.3. The molecular formula is C14H17BrN4O. The molecular weight excluding hydrogens is 320 g/mol. The van der Waals surface area contributed by atoms with Crippen LogP contribution in [0.1, 0.15) is 18.9 Å². The van der Waals surface area contributed by atoms with Gasteiger partial charge in [0, 0.05) is 5.56 Å². The van der Waals surface area contributed by atoms with Crippen molar-refractivity contribution in [2.45, 2.75) is 18.9 Å². The maximum absolute atomic E-state index is 5.24. The van der Waals surface area contributed by atoms with E-state index in [1.54, 1.807) is 7.11 Å². The lowest BCUT2D eigenvalue weighted by Gasteiger charge is -2.22. The Labute approximate surface area is 126 Å². The molecule has 1 N–H and O–H groups in total. The number of aromatic nitrogens is 3. The molecule has 2 heterocycles. The maximum atomic E-state index is 5.24. The van der Waals surface area contributed by atoms with Crippen LogP contribution in [0.2, 0.25) is 0 Å². The zero-order valence-electron chi connectivity index (χ0n) is 11.3. The second kappa shape index (κ2) is 5.93. The Morgan fingerprint density at radius 1 is 1.35 bits per heavy atom. The van der Waals surface area contributed by atoms with Crippen LogP contribution in [0.3, 0.4) is 0 Å². The lowest BCUT2D eigenvalue weighted by molar-refractivity contribution is 0.337. The Kier molecular flexibility index (Phi) is 4.03. The van der Waals surface area contributed by atoms with Crippen LogP contribution in [0.4, 0.5) is 0 Å². The standard InChI is InChI=1S/C14H17BrN4O/c1-20-14-3-2-10(8-12(14)15)13-9-19(18-17-13)11-4-6-16-7-5-11/h2-3,8-9,11,16H,4-7H2,1H3. The number of piperidine rings is 1. The summed E-state index contributed by atoms with van der Waals surface area (Å²) in [6, 6.07) is 6.40. The van der Waals surface area contributed by atoms with Gasteiger partial charge in [-0.3, -0.25) is 0 Å². The van der Waals surface area contributed by atoms with Crippen LogP contribution in [0.15, 0.2) is 28.9 Å². The third kappa shape index (κ3) is 2.71. The van der Waals surface area contributed by atoms with Gasteiger partial charge in [-0.25, -0.2) is 4.68 Å². The van der Waals surface area contributed by atoms with E-state index >= 15 is 0 Å². The lowest BCUT2D eigenvalue weighted by Crippen LogP contribution is -2.29. The lowest BCUT2D eigenvalue weighted by atomic mass is 10.1. The highest BCUT2D eigenvalue weighted by molar-refractivity contribution is 9.10. The fourth-order valence-corrected chi connectivity index (χ4v) is 3.03. The number of nitrogens with zero attached hydrogens (tertiary/aromatic N) is 3. The highest BCUT2D eigenvalue weighted by Crippen LogP contribution is 2.30. The van der Waals surface area contributed by atoms with Gasteiger partial charge in [-0.15, -0.1) is 5.10 Å². The van der Waals surface area contributed by atoms with Crippen LogP contribution in [0, 0.1) is 0 Å². The summed E-state index contributed by atoms with van der Waals surface area (Å²) in [6.45, 7) is 2.10. The number of methoxy groups -OCH3 is 1. The quantitative estimate of drug-likeness (QED) is 0.936. The van der Waals surface area contributed by atoms with Crippen LogP contribution >= 0.6 is 15.9 Å². The SMILES string of the molecule is COc1ccc(-c2cn(C3CCNCC3)nn2)cc1Br. The van der Waals surface area contributed by atoms with Gasteiger partial charge in [0.2, 0.25) is 0 Å². The molecule has 0 unspecified atom stereocenters. The fraction of sp³-hybridized carbons (Fsp3) is 0.429. The molecule has 1 aromatic carbocycles. The zero-order chi connectivity index (χ0) is 13.9. The van der Waals surface area contributed by atoms with Gasteiger partial charge in [-0.1, -0.05) is 5.21 Å². The number of benzene rings is 1. The largest absolute Gasteiger partial charge is 0.496 e. The molecule has 1 fully saturated rings. The number of nitrogens with one attached hydrogen (secondary N) is 1. The predicted octanol–water partition coefficient (Wildman–Crippen LogP) is 2.64. The first kappa shape index (κ1) is 13.6. The summed E-state index contributed by atoms with van der Waals surface area (Å²) < 4.78 is 8.16. The Balaban J connectivity index is 1.84. The van der Waals surface area contributed by atoms with Crippen LogP contribution in [-0.4, -0.2) is 35.2 Å². The molecule has 0 aliphatic carbocycles. The van der Waals surface area contributed by atoms with Gasteiger partial charge in [-0.2, -0.15) is 0 Å². The molecule has 2 aromatic rings. The molecule has 1 aliphatic heterocycles. The molecule has 1 aromatic heterocycles. The zero-order valence-corrected chi connectivity index (χ0v) is 12.9. The van der Waals surface area contributed by atoms with Crippen molar-refractivity contribution in [2.75, 3.05) is 20.2 Å². The minimum Gasteiger partial charge on any atom is -0.496 e. The van der Waals surface area contributed by atoms with E-state index in [1.165, 1.54) is 0 Å². The molecule has 3 rings (SSSR count). The second-order valence-corrected chi connectivity index (χ2v) is 5.77. The second-order valence-electron chi connectivity index (χ2n) is 4.91. The van der Waals surface area contributed by atoms with Crippen molar-refractivity contribution >= 4 is 15.9 Å². The predicted molar refractivity (Wildman–Crippen MR) is 80.9 cm³/mol. The Hall–Kier alpha value is -1.40. The number of hydrogen-bond acceptors (Lipinski definition) is 4. The molecule has 1 saturated heterocycles. The summed E-state index contributed by atoms with van der Waals surface area (Å²) in [7, 11) is 1.66. The molecule has 0 amide bonds. The first-order valence-electron chi connectivity index (χ1n) is 6.74. The van der Waals surface area contributed by atoms with Gasteiger partial charge in [0.15, 0.2) is 0 Å². The molecule has 6 heteroatoms.